The number of hydrogen-bond donors (Lipinski definition) is 2. The molecule has 4 nitrogen and oxygen atoms in total. The Labute approximate surface area is 139 Å². The standard InChI is InChI=1S/C19H16FN3O/c1-13-7-2-4-10-16(13)23-19(24)14-8-6-12-21-18(14)22-17-11-5-3-9-15(17)20/h2-12H,1H3,(H,21,22)(H,23,24). The Hall–Kier alpha value is -3.21. The number of aromatic nitrogens is 1. The van der Waals surface area contributed by atoms with E-state index in [1.807, 2.05) is 31.2 Å². The first kappa shape index (κ1) is 15.7. The summed E-state index contributed by atoms with van der Waals surface area (Å²) in [6.07, 6.45) is 1.55. The molecule has 1 amide bonds. The van der Waals surface area contributed by atoms with E-state index in [9.17, 15) is 9.18 Å². The van der Waals surface area contributed by atoms with Gasteiger partial charge in [0.15, 0.2) is 0 Å². The molecule has 0 bridgehead atoms. The molecule has 0 saturated heterocycles. The number of aryl methyl sites for hydroxylation is 1. The maximum atomic E-state index is 13.8. The molecular weight excluding hydrogens is 305 g/mol. The Morgan fingerprint density at radius 2 is 1.67 bits per heavy atom. The van der Waals surface area contributed by atoms with Crippen LogP contribution in [0.5, 0.6) is 0 Å². The molecule has 3 rings (SSSR count). The minimum absolute atomic E-state index is 0.265. The van der Waals surface area contributed by atoms with E-state index in [1.165, 1.54) is 6.07 Å². The summed E-state index contributed by atoms with van der Waals surface area (Å²) in [5.41, 5.74) is 2.28. The molecule has 120 valence electrons. The molecule has 24 heavy (non-hydrogen) atoms. The van der Waals surface area contributed by atoms with Crippen LogP contribution in [-0.2, 0) is 0 Å². The van der Waals surface area contributed by atoms with Gasteiger partial charge in [-0.1, -0.05) is 30.3 Å². The van der Waals surface area contributed by atoms with E-state index >= 15 is 0 Å². The number of carbonyl (C=O) groups is 1. The van der Waals surface area contributed by atoms with Gasteiger partial charge in [-0.3, -0.25) is 4.79 Å². The van der Waals surface area contributed by atoms with E-state index in [0.717, 1.165) is 11.3 Å². The van der Waals surface area contributed by atoms with Crippen molar-refractivity contribution in [2.45, 2.75) is 6.92 Å². The minimum atomic E-state index is -0.409. The zero-order valence-electron chi connectivity index (χ0n) is 13.1. The van der Waals surface area contributed by atoms with E-state index in [0.29, 0.717) is 11.4 Å². The quantitative estimate of drug-likeness (QED) is 0.742. The number of hydrogen-bond acceptors (Lipinski definition) is 3. The fourth-order valence-corrected chi connectivity index (χ4v) is 2.28. The van der Waals surface area contributed by atoms with Gasteiger partial charge in [-0.15, -0.1) is 0 Å². The van der Waals surface area contributed by atoms with E-state index in [4.69, 9.17) is 0 Å². The van der Waals surface area contributed by atoms with Crippen LogP contribution in [0.1, 0.15) is 15.9 Å². The van der Waals surface area contributed by atoms with Gasteiger partial charge in [-0.25, -0.2) is 9.37 Å². The highest BCUT2D eigenvalue weighted by Gasteiger charge is 2.14. The number of nitrogens with one attached hydrogen (secondary N) is 2. The summed E-state index contributed by atoms with van der Waals surface area (Å²) in [6, 6.07) is 17.1. The van der Waals surface area contributed by atoms with E-state index in [-0.39, 0.29) is 11.6 Å². The van der Waals surface area contributed by atoms with Crippen molar-refractivity contribution in [1.29, 1.82) is 0 Å². The van der Waals surface area contributed by atoms with Gasteiger partial charge in [0, 0.05) is 11.9 Å². The number of amides is 1. The number of anilines is 3. The number of carbonyl (C=O) groups excluding carboxylic acids is 1. The number of pyridine rings is 1. The molecular formula is C19H16FN3O. The third-order valence-electron chi connectivity index (χ3n) is 3.57. The summed E-state index contributed by atoms with van der Waals surface area (Å²) in [4.78, 5) is 16.7. The van der Waals surface area contributed by atoms with Gasteiger partial charge in [-0.05, 0) is 42.8 Å². The van der Waals surface area contributed by atoms with Gasteiger partial charge < -0.3 is 10.6 Å². The molecule has 5 heteroatoms. The molecule has 0 spiro atoms. The third-order valence-corrected chi connectivity index (χ3v) is 3.57. The second-order valence-electron chi connectivity index (χ2n) is 5.27. The van der Waals surface area contributed by atoms with Crippen LogP contribution >= 0.6 is 0 Å². The van der Waals surface area contributed by atoms with Crippen LogP contribution in [0.3, 0.4) is 0 Å². The highest BCUT2D eigenvalue weighted by atomic mass is 19.1. The van der Waals surface area contributed by atoms with E-state index in [2.05, 4.69) is 15.6 Å². The van der Waals surface area contributed by atoms with Gasteiger partial charge in [0.25, 0.3) is 5.91 Å². The van der Waals surface area contributed by atoms with Crippen LogP contribution in [0.25, 0.3) is 0 Å². The molecule has 1 aromatic heterocycles. The molecule has 0 atom stereocenters. The van der Waals surface area contributed by atoms with Crippen molar-refractivity contribution in [3.63, 3.8) is 0 Å². The van der Waals surface area contributed by atoms with Crippen LogP contribution in [0.15, 0.2) is 66.9 Å². The lowest BCUT2D eigenvalue weighted by Gasteiger charge is -2.12. The van der Waals surface area contributed by atoms with Crippen molar-refractivity contribution < 1.29 is 9.18 Å². The van der Waals surface area contributed by atoms with Crippen LogP contribution in [0.4, 0.5) is 21.6 Å². The van der Waals surface area contributed by atoms with Crippen molar-refractivity contribution in [3.05, 3.63) is 83.8 Å². The molecule has 3 aromatic rings. The highest BCUT2D eigenvalue weighted by molar-refractivity contribution is 6.08. The van der Waals surface area contributed by atoms with Gasteiger partial charge in [-0.2, -0.15) is 0 Å². The predicted octanol–water partition coefficient (Wildman–Crippen LogP) is 4.53. The van der Waals surface area contributed by atoms with Crippen LogP contribution in [0, 0.1) is 12.7 Å². The number of para-hydroxylation sites is 2. The number of benzene rings is 2. The smallest absolute Gasteiger partial charge is 0.259 e. The first-order valence-corrected chi connectivity index (χ1v) is 7.48. The normalized spacial score (nSPS) is 10.2. The summed E-state index contributed by atoms with van der Waals surface area (Å²) in [5, 5.41) is 5.73. The monoisotopic (exact) mass is 321 g/mol. The maximum absolute atomic E-state index is 13.8. The van der Waals surface area contributed by atoms with Crippen molar-refractivity contribution in [3.8, 4) is 0 Å². The molecule has 0 fully saturated rings. The van der Waals surface area contributed by atoms with Crippen molar-refractivity contribution in [1.82, 2.24) is 4.98 Å². The predicted molar refractivity (Wildman–Crippen MR) is 93.1 cm³/mol. The lowest BCUT2D eigenvalue weighted by molar-refractivity contribution is 0.102. The van der Waals surface area contributed by atoms with Gasteiger partial charge in [0.1, 0.15) is 11.6 Å². The van der Waals surface area contributed by atoms with Crippen molar-refractivity contribution >= 4 is 23.1 Å². The van der Waals surface area contributed by atoms with Gasteiger partial charge in [0.2, 0.25) is 0 Å². The average Bonchev–Trinajstić information content (AvgIpc) is 2.59. The molecule has 0 saturated carbocycles. The molecule has 0 aliphatic rings. The SMILES string of the molecule is Cc1ccccc1NC(=O)c1cccnc1Nc1ccccc1F. The molecule has 2 aromatic carbocycles. The second-order valence-corrected chi connectivity index (χ2v) is 5.27. The van der Waals surface area contributed by atoms with Crippen LogP contribution < -0.4 is 10.6 Å². The van der Waals surface area contributed by atoms with Crippen molar-refractivity contribution in [2.24, 2.45) is 0 Å². The van der Waals surface area contributed by atoms with Crippen molar-refractivity contribution in [2.75, 3.05) is 10.6 Å². The minimum Gasteiger partial charge on any atom is -0.337 e. The topological polar surface area (TPSA) is 54.0 Å². The summed E-state index contributed by atoms with van der Waals surface area (Å²) in [5.74, 6) is -0.418. The lowest BCUT2D eigenvalue weighted by atomic mass is 10.1. The maximum Gasteiger partial charge on any atom is 0.259 e. The fraction of sp³-hybridized carbons (Fsp3) is 0.0526. The van der Waals surface area contributed by atoms with E-state index < -0.39 is 5.82 Å². The number of nitrogens with zero attached hydrogens (tertiary/aromatic N) is 1. The first-order chi connectivity index (χ1) is 11.6. The summed E-state index contributed by atoms with van der Waals surface area (Å²) in [7, 11) is 0. The third kappa shape index (κ3) is 3.41. The Balaban J connectivity index is 1.88. The lowest BCUT2D eigenvalue weighted by Crippen LogP contribution is -2.15. The van der Waals surface area contributed by atoms with E-state index in [1.54, 1.807) is 36.5 Å². The molecule has 0 radical (unpaired) electrons. The summed E-state index contributed by atoms with van der Waals surface area (Å²) < 4.78 is 13.8. The van der Waals surface area contributed by atoms with Gasteiger partial charge in [0.05, 0.1) is 11.3 Å². The Morgan fingerprint density at radius 3 is 2.42 bits per heavy atom. The summed E-state index contributed by atoms with van der Waals surface area (Å²) in [6.45, 7) is 1.91. The number of halogens is 1. The molecule has 0 aliphatic heterocycles. The highest BCUT2D eigenvalue weighted by Crippen LogP contribution is 2.22. The Bertz CT molecular complexity index is 880. The Morgan fingerprint density at radius 1 is 0.958 bits per heavy atom. The fourth-order valence-electron chi connectivity index (χ4n) is 2.28. The molecule has 0 unspecified atom stereocenters. The van der Waals surface area contributed by atoms with Gasteiger partial charge >= 0.3 is 0 Å². The molecule has 2 N–H and O–H groups in total. The zero-order chi connectivity index (χ0) is 16.9. The Kier molecular flexibility index (Phi) is 4.52. The molecule has 1 heterocycles. The second kappa shape index (κ2) is 6.91. The first-order valence-electron chi connectivity index (χ1n) is 7.48. The van der Waals surface area contributed by atoms with Crippen LogP contribution in [-0.4, -0.2) is 10.9 Å². The van der Waals surface area contributed by atoms with Crippen LogP contribution in [0.2, 0.25) is 0 Å². The average molecular weight is 321 g/mol. The summed E-state index contributed by atoms with van der Waals surface area (Å²) >= 11 is 0. The largest absolute Gasteiger partial charge is 0.337 e. The molecule has 0 aliphatic carbocycles. The zero-order valence-corrected chi connectivity index (χ0v) is 13.1. The number of rotatable bonds is 4.